The Morgan fingerprint density at radius 3 is 2.35 bits per heavy atom. The molecule has 6 nitrogen and oxygen atoms in total. The monoisotopic (exact) mass is 363 g/mol. The van der Waals surface area contributed by atoms with Gasteiger partial charge in [0.2, 0.25) is 0 Å². The van der Waals surface area contributed by atoms with Crippen LogP contribution in [0.15, 0.2) is 24.3 Å². The number of ketones is 1. The van der Waals surface area contributed by atoms with Crippen molar-refractivity contribution in [2.75, 3.05) is 19.5 Å². The van der Waals surface area contributed by atoms with E-state index < -0.39 is 11.7 Å². The first kappa shape index (κ1) is 21.4. The molecular weight excluding hydrogens is 337 g/mol. The Morgan fingerprint density at radius 2 is 1.85 bits per heavy atom. The Hall–Kier alpha value is -2.67. The van der Waals surface area contributed by atoms with Crippen LogP contribution in [0.25, 0.3) is 0 Å². The van der Waals surface area contributed by atoms with Crippen LogP contribution in [0, 0.1) is 12.7 Å². The summed E-state index contributed by atoms with van der Waals surface area (Å²) in [4.78, 5) is 29.1. The zero-order valence-corrected chi connectivity index (χ0v) is 16.3. The van der Waals surface area contributed by atoms with Crippen molar-refractivity contribution in [3.63, 3.8) is 0 Å². The van der Waals surface area contributed by atoms with E-state index in [1.54, 1.807) is 26.1 Å². The maximum Gasteiger partial charge on any atom is 0.280 e. The van der Waals surface area contributed by atoms with Crippen LogP contribution < -0.4 is 5.32 Å². The van der Waals surface area contributed by atoms with Crippen molar-refractivity contribution in [3.05, 3.63) is 46.9 Å². The fraction of sp³-hybridized carbons (Fsp3) is 0.368. The molecule has 0 saturated heterocycles. The molecule has 1 aromatic carbocycles. The average molecular weight is 363 g/mol. The molecule has 0 spiro atoms. The van der Waals surface area contributed by atoms with Crippen LogP contribution in [0.2, 0.25) is 0 Å². The quantitative estimate of drug-likeness (QED) is 0.642. The number of hydrogen-bond acceptors (Lipinski definition) is 4. The van der Waals surface area contributed by atoms with Gasteiger partial charge in [-0.25, -0.2) is 9.45 Å². The minimum atomic E-state index is -0.449. The zero-order chi connectivity index (χ0) is 20.0. The van der Waals surface area contributed by atoms with Crippen LogP contribution in [0.5, 0.6) is 0 Å². The molecule has 0 unspecified atom stereocenters. The van der Waals surface area contributed by atoms with E-state index in [1.807, 2.05) is 13.8 Å². The SMILES string of the molecule is CC.CON(C)C(=O)c1cc(C(C)=O)n(C)c1Nc1ccc(C)cc1F. The van der Waals surface area contributed by atoms with Crippen molar-refractivity contribution >= 4 is 23.2 Å². The van der Waals surface area contributed by atoms with Crippen molar-refractivity contribution in [3.8, 4) is 0 Å². The highest BCUT2D eigenvalue weighted by atomic mass is 19.1. The smallest absolute Gasteiger partial charge is 0.280 e. The number of hydrogen-bond donors (Lipinski definition) is 1. The molecule has 2 aromatic rings. The van der Waals surface area contributed by atoms with Gasteiger partial charge in [0, 0.05) is 21.0 Å². The summed E-state index contributed by atoms with van der Waals surface area (Å²) >= 11 is 0. The molecule has 0 aliphatic carbocycles. The molecule has 26 heavy (non-hydrogen) atoms. The molecule has 0 radical (unpaired) electrons. The van der Waals surface area contributed by atoms with E-state index >= 15 is 0 Å². The van der Waals surface area contributed by atoms with E-state index in [-0.39, 0.29) is 17.0 Å². The summed E-state index contributed by atoms with van der Waals surface area (Å²) in [5, 5.41) is 3.94. The van der Waals surface area contributed by atoms with E-state index in [2.05, 4.69) is 5.32 Å². The summed E-state index contributed by atoms with van der Waals surface area (Å²) in [5.41, 5.74) is 1.54. The van der Waals surface area contributed by atoms with Crippen LogP contribution in [0.1, 0.15) is 47.2 Å². The molecule has 0 saturated carbocycles. The average Bonchev–Trinajstić information content (AvgIpc) is 2.94. The number of nitrogens with one attached hydrogen (secondary N) is 1. The lowest BCUT2D eigenvalue weighted by atomic mass is 10.2. The maximum atomic E-state index is 14.1. The van der Waals surface area contributed by atoms with Crippen molar-refractivity contribution in [1.29, 1.82) is 0 Å². The third-order valence-corrected chi connectivity index (χ3v) is 3.76. The number of aryl methyl sites for hydroxylation is 1. The van der Waals surface area contributed by atoms with E-state index in [0.29, 0.717) is 11.5 Å². The minimum absolute atomic E-state index is 0.205. The largest absolute Gasteiger partial charge is 0.339 e. The lowest BCUT2D eigenvalue weighted by Crippen LogP contribution is -2.25. The van der Waals surface area contributed by atoms with Crippen molar-refractivity contribution < 1.29 is 18.8 Å². The van der Waals surface area contributed by atoms with Crippen LogP contribution in [-0.2, 0) is 11.9 Å². The number of aromatic nitrogens is 1. The Labute approximate surface area is 153 Å². The summed E-state index contributed by atoms with van der Waals surface area (Å²) in [6.07, 6.45) is 0. The first-order valence-electron chi connectivity index (χ1n) is 8.32. The number of amides is 1. The minimum Gasteiger partial charge on any atom is -0.339 e. The summed E-state index contributed by atoms with van der Waals surface area (Å²) in [6.45, 7) is 7.19. The number of anilines is 2. The molecule has 0 fully saturated rings. The summed E-state index contributed by atoms with van der Waals surface area (Å²) in [5.74, 6) is -0.782. The van der Waals surface area contributed by atoms with E-state index in [0.717, 1.165) is 10.6 Å². The highest BCUT2D eigenvalue weighted by Gasteiger charge is 2.24. The van der Waals surface area contributed by atoms with Crippen molar-refractivity contribution in [2.24, 2.45) is 7.05 Å². The molecule has 1 amide bonds. The van der Waals surface area contributed by atoms with Crippen molar-refractivity contribution in [2.45, 2.75) is 27.7 Å². The van der Waals surface area contributed by atoms with Gasteiger partial charge in [-0.05, 0) is 30.7 Å². The van der Waals surface area contributed by atoms with Gasteiger partial charge in [0.15, 0.2) is 5.78 Å². The molecule has 1 N–H and O–H groups in total. The normalized spacial score (nSPS) is 10.0. The fourth-order valence-corrected chi connectivity index (χ4v) is 2.36. The molecule has 7 heteroatoms. The zero-order valence-electron chi connectivity index (χ0n) is 16.3. The van der Waals surface area contributed by atoms with Gasteiger partial charge in [-0.3, -0.25) is 14.4 Å². The Bertz CT molecular complexity index is 800. The van der Waals surface area contributed by atoms with Gasteiger partial charge >= 0.3 is 0 Å². The molecule has 2 rings (SSSR count). The molecule has 0 aliphatic heterocycles. The lowest BCUT2D eigenvalue weighted by molar-refractivity contribution is -0.0756. The second-order valence-electron chi connectivity index (χ2n) is 5.50. The number of carbonyl (C=O) groups excluding carboxylic acids is 2. The number of halogens is 1. The van der Waals surface area contributed by atoms with Gasteiger partial charge in [0.25, 0.3) is 5.91 Å². The third-order valence-electron chi connectivity index (χ3n) is 3.76. The molecular formula is C19H26FN3O3. The standard InChI is InChI=1S/C17H20FN3O3.C2H6/c1-10-6-7-14(13(18)8-10)19-16-12(17(23)21(4)24-5)9-15(11(2)22)20(16)3;1-2/h6-9,19H,1-5H3;1-2H3. The molecule has 0 bridgehead atoms. The van der Waals surface area contributed by atoms with Gasteiger partial charge in [0.05, 0.1) is 24.1 Å². The lowest BCUT2D eigenvalue weighted by Gasteiger charge is -2.16. The van der Waals surface area contributed by atoms with E-state index in [4.69, 9.17) is 4.84 Å². The second kappa shape index (κ2) is 9.15. The number of benzene rings is 1. The molecule has 1 aromatic heterocycles. The molecule has 142 valence electrons. The molecule has 0 atom stereocenters. The topological polar surface area (TPSA) is 63.6 Å². The van der Waals surface area contributed by atoms with Crippen LogP contribution >= 0.6 is 0 Å². The Balaban J connectivity index is 0.00000163. The van der Waals surface area contributed by atoms with Gasteiger partial charge in [-0.1, -0.05) is 19.9 Å². The molecule has 1 heterocycles. The van der Waals surface area contributed by atoms with Gasteiger partial charge in [-0.15, -0.1) is 0 Å². The second-order valence-corrected chi connectivity index (χ2v) is 5.50. The van der Waals surface area contributed by atoms with E-state index in [1.165, 1.54) is 37.8 Å². The number of nitrogens with zero attached hydrogens (tertiary/aromatic N) is 2. The third kappa shape index (κ3) is 4.49. The highest BCUT2D eigenvalue weighted by Crippen LogP contribution is 2.27. The summed E-state index contributed by atoms with van der Waals surface area (Å²) < 4.78 is 15.7. The van der Waals surface area contributed by atoms with Gasteiger partial charge < -0.3 is 9.88 Å². The maximum absolute atomic E-state index is 14.1. The number of Topliss-reactive ketones (excluding diaryl/α,β-unsaturated/α-hetero) is 1. The van der Waals surface area contributed by atoms with Crippen molar-refractivity contribution in [1.82, 2.24) is 9.63 Å². The number of hydroxylamine groups is 2. The van der Waals surface area contributed by atoms with Crippen LogP contribution in [0.3, 0.4) is 0 Å². The Kier molecular flexibility index (Phi) is 7.52. The van der Waals surface area contributed by atoms with Crippen LogP contribution in [-0.4, -0.2) is 35.5 Å². The first-order valence-corrected chi connectivity index (χ1v) is 8.32. The van der Waals surface area contributed by atoms with Gasteiger partial charge in [0.1, 0.15) is 11.6 Å². The Morgan fingerprint density at radius 1 is 1.23 bits per heavy atom. The summed E-state index contributed by atoms with van der Waals surface area (Å²) in [6, 6.07) is 6.19. The highest BCUT2D eigenvalue weighted by molar-refractivity contribution is 6.03. The molecule has 0 aliphatic rings. The van der Waals surface area contributed by atoms with E-state index in [9.17, 15) is 14.0 Å². The predicted octanol–water partition coefficient (Wildman–Crippen LogP) is 4.08. The fourth-order valence-electron chi connectivity index (χ4n) is 2.36. The summed E-state index contributed by atoms with van der Waals surface area (Å²) in [7, 11) is 4.45. The van der Waals surface area contributed by atoms with Gasteiger partial charge in [-0.2, -0.15) is 0 Å². The van der Waals surface area contributed by atoms with Crippen LogP contribution in [0.4, 0.5) is 15.9 Å². The number of carbonyl (C=O) groups is 2. The predicted molar refractivity (Wildman–Crippen MR) is 100 cm³/mol. The number of rotatable bonds is 5. The first-order chi connectivity index (χ1) is 12.3.